The van der Waals surface area contributed by atoms with Crippen LogP contribution in [0.1, 0.15) is 32.1 Å². The van der Waals surface area contributed by atoms with Gasteiger partial charge in [-0.3, -0.25) is 0 Å². The lowest BCUT2D eigenvalue weighted by Gasteiger charge is -2.23. The second-order valence-electron chi connectivity index (χ2n) is 5.41. The fourth-order valence-corrected chi connectivity index (χ4v) is 2.57. The fraction of sp³-hybridized carbons (Fsp3) is 0.562. The van der Waals surface area contributed by atoms with Crippen LogP contribution in [-0.2, 0) is 0 Å². The molecule has 5 heteroatoms. The number of hydrogen-bond acceptors (Lipinski definition) is 3. The summed E-state index contributed by atoms with van der Waals surface area (Å²) >= 11 is 0. The van der Waals surface area contributed by atoms with Gasteiger partial charge in [-0.15, -0.1) is 0 Å². The predicted octanol–water partition coefficient (Wildman–Crippen LogP) is 2.57. The van der Waals surface area contributed by atoms with Crippen LogP contribution in [0, 0.1) is 0 Å². The van der Waals surface area contributed by atoms with Crippen LogP contribution in [0.2, 0.25) is 0 Å². The molecule has 2 rings (SSSR count). The Morgan fingerprint density at radius 1 is 1.19 bits per heavy atom. The Hall–Kier alpha value is -1.75. The van der Waals surface area contributed by atoms with E-state index in [1.807, 2.05) is 18.2 Å². The van der Waals surface area contributed by atoms with Crippen molar-refractivity contribution in [3.8, 4) is 0 Å². The molecule has 1 saturated heterocycles. The quantitative estimate of drug-likeness (QED) is 0.731. The normalized spacial score (nSPS) is 15.4. The summed E-state index contributed by atoms with van der Waals surface area (Å²) in [4.78, 5) is 14.1. The Balaban J connectivity index is 1.92. The molecule has 1 aliphatic rings. The molecule has 0 aliphatic carbocycles. The molecular formula is C16H25N3O2. The van der Waals surface area contributed by atoms with Crippen LogP contribution < -0.4 is 15.5 Å². The topological polar surface area (TPSA) is 64.6 Å². The maximum absolute atomic E-state index is 11.7. The van der Waals surface area contributed by atoms with Gasteiger partial charge in [-0.2, -0.15) is 0 Å². The van der Waals surface area contributed by atoms with Crippen molar-refractivity contribution in [1.82, 2.24) is 5.32 Å². The predicted molar refractivity (Wildman–Crippen MR) is 85.8 cm³/mol. The molecule has 116 valence electrons. The van der Waals surface area contributed by atoms with Crippen molar-refractivity contribution < 1.29 is 9.90 Å². The molecule has 0 spiro atoms. The number of nitrogens with one attached hydrogen (secondary N) is 2. The molecule has 21 heavy (non-hydrogen) atoms. The third-order valence-electron chi connectivity index (χ3n) is 3.70. The maximum Gasteiger partial charge on any atom is 0.319 e. The molecule has 1 heterocycles. The van der Waals surface area contributed by atoms with E-state index in [-0.39, 0.29) is 12.6 Å². The summed E-state index contributed by atoms with van der Waals surface area (Å²) in [6, 6.07) is 7.77. The first-order chi connectivity index (χ1) is 10.3. The highest BCUT2D eigenvalue weighted by Crippen LogP contribution is 2.22. The second-order valence-corrected chi connectivity index (χ2v) is 5.41. The van der Waals surface area contributed by atoms with Gasteiger partial charge in [-0.05, 0) is 37.5 Å². The highest BCUT2D eigenvalue weighted by atomic mass is 16.3. The van der Waals surface area contributed by atoms with Crippen LogP contribution in [0.15, 0.2) is 24.3 Å². The van der Waals surface area contributed by atoms with Gasteiger partial charge in [0.1, 0.15) is 0 Å². The monoisotopic (exact) mass is 291 g/mol. The van der Waals surface area contributed by atoms with Crippen molar-refractivity contribution in [3.63, 3.8) is 0 Å². The molecule has 1 fully saturated rings. The lowest BCUT2D eigenvalue weighted by atomic mass is 10.2. The highest BCUT2D eigenvalue weighted by Gasteiger charge is 2.10. The first kappa shape index (κ1) is 15.6. The van der Waals surface area contributed by atoms with E-state index < -0.39 is 0 Å². The summed E-state index contributed by atoms with van der Waals surface area (Å²) in [5.74, 6) is 0. The number of amides is 2. The zero-order chi connectivity index (χ0) is 14.9. The van der Waals surface area contributed by atoms with Crippen LogP contribution in [0.25, 0.3) is 0 Å². The van der Waals surface area contributed by atoms with Gasteiger partial charge in [0.15, 0.2) is 0 Å². The molecule has 3 N–H and O–H groups in total. The van der Waals surface area contributed by atoms with Crippen LogP contribution in [0.5, 0.6) is 0 Å². The Labute approximate surface area is 126 Å². The second kappa shape index (κ2) is 8.52. The molecule has 0 atom stereocenters. The number of nitrogens with zero attached hydrogens (tertiary/aromatic N) is 1. The minimum absolute atomic E-state index is 0.0880. The number of carbonyl (C=O) groups excluding carboxylic acids is 1. The number of aliphatic hydroxyl groups excluding tert-OH is 1. The maximum atomic E-state index is 11.7. The Bertz CT molecular complexity index is 443. The van der Waals surface area contributed by atoms with Gasteiger partial charge in [0.25, 0.3) is 0 Å². The van der Waals surface area contributed by atoms with E-state index in [2.05, 4.69) is 21.6 Å². The molecule has 1 aliphatic heterocycles. The number of anilines is 2. The zero-order valence-electron chi connectivity index (χ0n) is 12.5. The lowest BCUT2D eigenvalue weighted by molar-refractivity contribution is 0.249. The standard InChI is InChI=1S/C16H25N3O2/c20-12-6-9-17-16(21)18-14-7-5-8-15(13-14)19-10-3-1-2-4-11-19/h5,7-8,13,20H,1-4,6,9-12H2,(H2,17,18,21). The number of carbonyl (C=O) groups is 1. The molecule has 0 unspecified atom stereocenters. The van der Waals surface area contributed by atoms with Gasteiger partial charge in [-0.1, -0.05) is 18.9 Å². The van der Waals surface area contributed by atoms with E-state index in [1.54, 1.807) is 0 Å². The van der Waals surface area contributed by atoms with Gasteiger partial charge in [0.2, 0.25) is 0 Å². The molecule has 0 saturated carbocycles. The average Bonchev–Trinajstić information content (AvgIpc) is 2.77. The van der Waals surface area contributed by atoms with Gasteiger partial charge in [0, 0.05) is 37.6 Å². The van der Waals surface area contributed by atoms with E-state index in [9.17, 15) is 4.79 Å². The minimum Gasteiger partial charge on any atom is -0.396 e. The number of urea groups is 1. The summed E-state index contributed by atoms with van der Waals surface area (Å²) in [5.41, 5.74) is 1.98. The number of hydrogen-bond donors (Lipinski definition) is 3. The molecule has 1 aromatic rings. The Morgan fingerprint density at radius 2 is 1.95 bits per heavy atom. The van der Waals surface area contributed by atoms with Gasteiger partial charge in [0.05, 0.1) is 0 Å². The largest absolute Gasteiger partial charge is 0.396 e. The zero-order valence-corrected chi connectivity index (χ0v) is 12.5. The first-order valence-corrected chi connectivity index (χ1v) is 7.80. The van der Waals surface area contributed by atoms with Crippen molar-refractivity contribution in [3.05, 3.63) is 24.3 Å². The van der Waals surface area contributed by atoms with E-state index >= 15 is 0 Å². The molecule has 2 amide bonds. The van der Waals surface area contributed by atoms with Gasteiger partial charge in [-0.25, -0.2) is 4.79 Å². The van der Waals surface area contributed by atoms with Crippen molar-refractivity contribution in [2.75, 3.05) is 36.5 Å². The van der Waals surface area contributed by atoms with Crippen LogP contribution >= 0.6 is 0 Å². The van der Waals surface area contributed by atoms with E-state index in [0.29, 0.717) is 13.0 Å². The molecule has 0 radical (unpaired) electrons. The Morgan fingerprint density at radius 3 is 2.67 bits per heavy atom. The Kier molecular flexibility index (Phi) is 6.34. The first-order valence-electron chi connectivity index (χ1n) is 7.80. The molecule has 1 aromatic carbocycles. The molecule has 0 bridgehead atoms. The van der Waals surface area contributed by atoms with E-state index in [4.69, 9.17) is 5.11 Å². The van der Waals surface area contributed by atoms with Crippen molar-refractivity contribution in [1.29, 1.82) is 0 Å². The van der Waals surface area contributed by atoms with Crippen molar-refractivity contribution >= 4 is 17.4 Å². The number of aliphatic hydroxyl groups is 1. The number of rotatable bonds is 5. The third kappa shape index (κ3) is 5.27. The molecule has 0 aromatic heterocycles. The van der Waals surface area contributed by atoms with Crippen LogP contribution in [0.4, 0.5) is 16.2 Å². The van der Waals surface area contributed by atoms with Gasteiger partial charge >= 0.3 is 6.03 Å². The third-order valence-corrected chi connectivity index (χ3v) is 3.70. The smallest absolute Gasteiger partial charge is 0.319 e. The molecule has 5 nitrogen and oxygen atoms in total. The summed E-state index contributed by atoms with van der Waals surface area (Å²) in [5, 5.41) is 14.3. The average molecular weight is 291 g/mol. The summed E-state index contributed by atoms with van der Waals surface area (Å²) in [6.45, 7) is 2.75. The molecular weight excluding hydrogens is 266 g/mol. The summed E-state index contributed by atoms with van der Waals surface area (Å²) in [7, 11) is 0. The SMILES string of the molecule is O=C(NCCCO)Nc1cccc(N2CCCCCC2)c1. The van der Waals surface area contributed by atoms with Crippen LogP contribution in [-0.4, -0.2) is 37.4 Å². The summed E-state index contributed by atoms with van der Waals surface area (Å²) in [6.07, 6.45) is 5.66. The van der Waals surface area contributed by atoms with Gasteiger partial charge < -0.3 is 20.6 Å². The fourth-order valence-electron chi connectivity index (χ4n) is 2.57. The minimum atomic E-state index is -0.225. The summed E-state index contributed by atoms with van der Waals surface area (Å²) < 4.78 is 0. The highest BCUT2D eigenvalue weighted by molar-refractivity contribution is 5.89. The lowest BCUT2D eigenvalue weighted by Crippen LogP contribution is -2.30. The van der Waals surface area contributed by atoms with Crippen molar-refractivity contribution in [2.24, 2.45) is 0 Å². The van der Waals surface area contributed by atoms with E-state index in [0.717, 1.165) is 18.8 Å². The van der Waals surface area contributed by atoms with Crippen LogP contribution in [0.3, 0.4) is 0 Å². The number of benzene rings is 1. The van der Waals surface area contributed by atoms with Crippen molar-refractivity contribution in [2.45, 2.75) is 32.1 Å². The van der Waals surface area contributed by atoms with E-state index in [1.165, 1.54) is 31.4 Å².